The van der Waals surface area contributed by atoms with Crippen LogP contribution in [0.1, 0.15) is 15.9 Å². The number of hydrogen-bond acceptors (Lipinski definition) is 2. The molecule has 0 atom stereocenters. The van der Waals surface area contributed by atoms with Gasteiger partial charge in [-0.05, 0) is 12.1 Å². The Balaban J connectivity index is 2.44. The molecule has 0 spiro atoms. The lowest BCUT2D eigenvalue weighted by Gasteiger charge is -2.23. The second-order valence-corrected chi connectivity index (χ2v) is 6.86. The van der Waals surface area contributed by atoms with Crippen molar-refractivity contribution in [1.82, 2.24) is 0 Å². The number of benzene rings is 2. The molecule has 2 rings (SSSR count). The molecule has 3 nitrogen and oxygen atoms in total. The van der Waals surface area contributed by atoms with Crippen LogP contribution in [-0.2, 0) is 4.79 Å². The molecule has 0 aliphatic rings. The molecular formula is C16H12Cl3NO2. The van der Waals surface area contributed by atoms with Crippen LogP contribution < -0.4 is 4.90 Å². The van der Waals surface area contributed by atoms with Crippen molar-refractivity contribution >= 4 is 52.2 Å². The molecule has 0 N–H and O–H groups in total. The van der Waals surface area contributed by atoms with Gasteiger partial charge in [-0.1, -0.05) is 77.3 Å². The highest BCUT2D eigenvalue weighted by atomic mass is 35.6. The smallest absolute Gasteiger partial charge is 0.278 e. The largest absolute Gasteiger partial charge is 0.311 e. The van der Waals surface area contributed by atoms with Crippen molar-refractivity contribution in [1.29, 1.82) is 0 Å². The third-order valence-electron chi connectivity index (χ3n) is 3.09. The number of hydrogen-bond donors (Lipinski definition) is 0. The molecule has 0 bridgehead atoms. The highest BCUT2D eigenvalue weighted by Crippen LogP contribution is 2.31. The minimum Gasteiger partial charge on any atom is -0.311 e. The standard InChI is InChI=1S/C16H12Cl3NO2/c1-20(15(22)16(17,18)19)13-10-6-5-9-12(13)14(21)11-7-3-2-4-8-11/h2-10H,1H3. The van der Waals surface area contributed by atoms with Gasteiger partial charge in [0.2, 0.25) is 0 Å². The Morgan fingerprint density at radius 1 is 0.909 bits per heavy atom. The molecule has 2 aromatic carbocycles. The molecule has 22 heavy (non-hydrogen) atoms. The normalized spacial score (nSPS) is 11.1. The Morgan fingerprint density at radius 3 is 2.05 bits per heavy atom. The predicted octanol–water partition coefficient (Wildman–Crippen LogP) is 4.25. The maximum Gasteiger partial charge on any atom is 0.278 e. The molecule has 2 aromatic rings. The zero-order valence-corrected chi connectivity index (χ0v) is 13.9. The summed E-state index contributed by atoms with van der Waals surface area (Å²) in [6.07, 6.45) is 0. The average molecular weight is 357 g/mol. The number of nitrogens with zero attached hydrogens (tertiary/aromatic N) is 1. The SMILES string of the molecule is CN(C(=O)C(Cl)(Cl)Cl)c1ccccc1C(=O)c1ccccc1. The van der Waals surface area contributed by atoms with E-state index in [0.29, 0.717) is 16.8 Å². The van der Waals surface area contributed by atoms with Gasteiger partial charge in [0.05, 0.1) is 5.69 Å². The first-order valence-electron chi connectivity index (χ1n) is 6.36. The quantitative estimate of drug-likeness (QED) is 0.609. The summed E-state index contributed by atoms with van der Waals surface area (Å²) >= 11 is 16.9. The van der Waals surface area contributed by atoms with Crippen molar-refractivity contribution in [3.8, 4) is 0 Å². The van der Waals surface area contributed by atoms with Crippen LogP contribution in [0.2, 0.25) is 0 Å². The summed E-state index contributed by atoms with van der Waals surface area (Å²) < 4.78 is -2.09. The maximum atomic E-state index is 12.6. The van der Waals surface area contributed by atoms with E-state index in [2.05, 4.69) is 0 Å². The van der Waals surface area contributed by atoms with E-state index in [1.165, 1.54) is 11.9 Å². The first kappa shape index (κ1) is 16.8. The average Bonchev–Trinajstić information content (AvgIpc) is 2.52. The van der Waals surface area contributed by atoms with E-state index >= 15 is 0 Å². The van der Waals surface area contributed by atoms with E-state index in [4.69, 9.17) is 34.8 Å². The van der Waals surface area contributed by atoms with E-state index < -0.39 is 9.70 Å². The van der Waals surface area contributed by atoms with Gasteiger partial charge in [0, 0.05) is 18.2 Å². The molecule has 0 aliphatic carbocycles. The number of amides is 1. The summed E-state index contributed by atoms with van der Waals surface area (Å²) in [5, 5.41) is 0. The van der Waals surface area contributed by atoms with Crippen molar-refractivity contribution in [2.75, 3.05) is 11.9 Å². The van der Waals surface area contributed by atoms with Gasteiger partial charge < -0.3 is 4.90 Å². The monoisotopic (exact) mass is 355 g/mol. The van der Waals surface area contributed by atoms with Gasteiger partial charge in [-0.2, -0.15) is 0 Å². The molecular weight excluding hydrogens is 345 g/mol. The highest BCUT2D eigenvalue weighted by Gasteiger charge is 2.35. The van der Waals surface area contributed by atoms with Crippen LogP contribution in [0.25, 0.3) is 0 Å². The topological polar surface area (TPSA) is 37.4 Å². The Labute approximate surface area is 143 Å². The van der Waals surface area contributed by atoms with Crippen LogP contribution in [0.5, 0.6) is 0 Å². The molecule has 114 valence electrons. The van der Waals surface area contributed by atoms with E-state index in [-0.39, 0.29) is 5.78 Å². The number of para-hydroxylation sites is 1. The first-order valence-corrected chi connectivity index (χ1v) is 7.49. The molecule has 1 amide bonds. The van der Waals surface area contributed by atoms with E-state index in [1.54, 1.807) is 48.5 Å². The van der Waals surface area contributed by atoms with E-state index in [1.807, 2.05) is 6.07 Å². The Bertz CT molecular complexity index is 696. The van der Waals surface area contributed by atoms with Gasteiger partial charge in [0.25, 0.3) is 9.70 Å². The van der Waals surface area contributed by atoms with Gasteiger partial charge in [0.15, 0.2) is 5.78 Å². The van der Waals surface area contributed by atoms with Crippen molar-refractivity contribution in [2.24, 2.45) is 0 Å². The number of rotatable bonds is 3. The molecule has 0 heterocycles. The van der Waals surface area contributed by atoms with Crippen LogP contribution in [0.15, 0.2) is 54.6 Å². The van der Waals surface area contributed by atoms with Crippen LogP contribution in [0.4, 0.5) is 5.69 Å². The number of alkyl halides is 3. The van der Waals surface area contributed by atoms with Crippen molar-refractivity contribution < 1.29 is 9.59 Å². The summed E-state index contributed by atoms with van der Waals surface area (Å²) in [7, 11) is 1.46. The second kappa shape index (κ2) is 6.69. The van der Waals surface area contributed by atoms with Crippen LogP contribution in [0.3, 0.4) is 0 Å². The summed E-state index contributed by atoms with van der Waals surface area (Å²) in [6.45, 7) is 0. The fourth-order valence-corrected chi connectivity index (χ4v) is 2.38. The third kappa shape index (κ3) is 3.61. The lowest BCUT2D eigenvalue weighted by molar-refractivity contribution is -0.117. The van der Waals surface area contributed by atoms with Gasteiger partial charge in [0.1, 0.15) is 0 Å². The van der Waals surface area contributed by atoms with Gasteiger partial charge in [-0.3, -0.25) is 9.59 Å². The predicted molar refractivity (Wildman–Crippen MR) is 90.0 cm³/mol. The first-order chi connectivity index (χ1) is 10.3. The van der Waals surface area contributed by atoms with Crippen molar-refractivity contribution in [3.63, 3.8) is 0 Å². The number of halogens is 3. The number of carbonyl (C=O) groups excluding carboxylic acids is 2. The maximum absolute atomic E-state index is 12.6. The minimum atomic E-state index is -2.09. The Hall–Kier alpha value is -1.55. The molecule has 0 fully saturated rings. The third-order valence-corrected chi connectivity index (χ3v) is 3.58. The van der Waals surface area contributed by atoms with Gasteiger partial charge in [-0.15, -0.1) is 0 Å². The molecule has 0 aromatic heterocycles. The van der Waals surface area contributed by atoms with Gasteiger partial charge >= 0.3 is 0 Å². The summed E-state index contributed by atoms with van der Waals surface area (Å²) in [4.78, 5) is 25.9. The fraction of sp³-hybridized carbons (Fsp3) is 0.125. The molecule has 0 aliphatic heterocycles. The zero-order valence-electron chi connectivity index (χ0n) is 11.6. The van der Waals surface area contributed by atoms with Gasteiger partial charge in [-0.25, -0.2) is 0 Å². The number of anilines is 1. The van der Waals surface area contributed by atoms with Crippen LogP contribution >= 0.6 is 34.8 Å². The Morgan fingerprint density at radius 2 is 1.45 bits per heavy atom. The van der Waals surface area contributed by atoms with Crippen molar-refractivity contribution in [3.05, 3.63) is 65.7 Å². The fourth-order valence-electron chi connectivity index (χ4n) is 2.00. The van der Waals surface area contributed by atoms with Crippen molar-refractivity contribution in [2.45, 2.75) is 3.79 Å². The lowest BCUT2D eigenvalue weighted by Crippen LogP contribution is -2.37. The number of ketones is 1. The van der Waals surface area contributed by atoms with Crippen LogP contribution in [0, 0.1) is 0 Å². The molecule has 6 heteroatoms. The zero-order chi connectivity index (χ0) is 16.3. The second-order valence-electron chi connectivity index (χ2n) is 4.57. The molecule has 0 radical (unpaired) electrons. The lowest BCUT2D eigenvalue weighted by atomic mass is 10.0. The molecule has 0 saturated heterocycles. The highest BCUT2D eigenvalue weighted by molar-refractivity contribution is 6.77. The Kier molecular flexibility index (Phi) is 5.12. The summed E-state index contributed by atoms with van der Waals surface area (Å²) in [6, 6.07) is 15.5. The van der Waals surface area contributed by atoms with Crippen LogP contribution in [-0.4, -0.2) is 22.5 Å². The molecule has 0 unspecified atom stereocenters. The number of carbonyl (C=O) groups is 2. The summed E-state index contributed by atoms with van der Waals surface area (Å²) in [5.74, 6) is -0.939. The minimum absolute atomic E-state index is 0.208. The van der Waals surface area contributed by atoms with E-state index in [0.717, 1.165) is 0 Å². The molecule has 0 saturated carbocycles. The van der Waals surface area contributed by atoms with E-state index in [9.17, 15) is 9.59 Å². The summed E-state index contributed by atoms with van der Waals surface area (Å²) in [5.41, 5.74) is 1.26.